The summed E-state index contributed by atoms with van der Waals surface area (Å²) in [6.45, 7) is 7.31. The average Bonchev–Trinajstić information content (AvgIpc) is 3.41. The van der Waals surface area contributed by atoms with Crippen LogP contribution in [-0.2, 0) is 4.79 Å². The predicted molar refractivity (Wildman–Crippen MR) is 148 cm³/mol. The maximum absolute atomic E-state index is 14.0. The molecule has 1 unspecified atom stereocenters. The van der Waals surface area contributed by atoms with E-state index in [1.165, 1.54) is 11.3 Å². The fourth-order valence-electron chi connectivity index (χ4n) is 4.44. The molecule has 38 heavy (non-hydrogen) atoms. The summed E-state index contributed by atoms with van der Waals surface area (Å²) in [6.07, 6.45) is 0. The van der Waals surface area contributed by atoms with Gasteiger partial charge in [0.1, 0.15) is 5.01 Å². The molecule has 9 heteroatoms. The minimum Gasteiger partial charge on any atom is -0.503 e. The first-order chi connectivity index (χ1) is 18.3. The number of rotatable bonds is 11. The van der Waals surface area contributed by atoms with Crippen molar-refractivity contribution in [1.29, 1.82) is 0 Å². The molecule has 8 nitrogen and oxygen atoms in total. The highest BCUT2D eigenvalue weighted by Gasteiger charge is 2.44. The maximum Gasteiger partial charge on any atom is 0.290 e. The molecule has 1 aliphatic heterocycles. The molecule has 1 amide bonds. The quantitative estimate of drug-likeness (QED) is 0.343. The summed E-state index contributed by atoms with van der Waals surface area (Å²) in [5.41, 5.74) is 2.16. The van der Waals surface area contributed by atoms with Crippen molar-refractivity contribution >= 4 is 23.0 Å². The molecule has 200 valence electrons. The van der Waals surface area contributed by atoms with Crippen molar-refractivity contribution in [1.82, 2.24) is 14.8 Å². The zero-order valence-corrected chi connectivity index (χ0v) is 23.2. The van der Waals surface area contributed by atoms with Gasteiger partial charge in [0.25, 0.3) is 5.91 Å². The van der Waals surface area contributed by atoms with E-state index in [0.29, 0.717) is 58.9 Å². The van der Waals surface area contributed by atoms with Crippen molar-refractivity contribution < 1.29 is 24.2 Å². The average molecular weight is 536 g/mol. The fourth-order valence-corrected chi connectivity index (χ4v) is 5.47. The first-order valence-corrected chi connectivity index (χ1v) is 13.4. The van der Waals surface area contributed by atoms with Crippen LogP contribution in [0.3, 0.4) is 0 Å². The SMILES string of the molecule is CCOc1ccc(C2C(C(=O)c3sc(-c4ccccc4)nc3C)=C(O)C(=O)N2CCN(C)C)cc1OCC. The Morgan fingerprint density at radius 1 is 1.08 bits per heavy atom. The number of amides is 1. The zero-order chi connectivity index (χ0) is 27.4. The number of aliphatic hydroxyl groups excluding tert-OH is 1. The van der Waals surface area contributed by atoms with Gasteiger partial charge in [-0.25, -0.2) is 4.98 Å². The Morgan fingerprint density at radius 3 is 2.42 bits per heavy atom. The molecule has 2 heterocycles. The van der Waals surface area contributed by atoms with Crippen molar-refractivity contribution in [2.24, 2.45) is 0 Å². The summed E-state index contributed by atoms with van der Waals surface area (Å²) >= 11 is 1.26. The highest BCUT2D eigenvalue weighted by atomic mass is 32.1. The van der Waals surface area contributed by atoms with Gasteiger partial charge < -0.3 is 24.4 Å². The Kier molecular flexibility index (Phi) is 8.48. The monoisotopic (exact) mass is 535 g/mol. The van der Waals surface area contributed by atoms with Crippen molar-refractivity contribution in [2.45, 2.75) is 26.8 Å². The number of Topliss-reactive ketones (excluding diaryl/α,β-unsaturated/α-hetero) is 1. The van der Waals surface area contributed by atoms with E-state index in [1.54, 1.807) is 24.0 Å². The number of nitrogens with zero attached hydrogens (tertiary/aromatic N) is 3. The third-order valence-corrected chi connectivity index (χ3v) is 7.45. The second-order valence-corrected chi connectivity index (χ2v) is 10.2. The van der Waals surface area contributed by atoms with Crippen LogP contribution in [0.2, 0.25) is 0 Å². The molecule has 0 spiro atoms. The van der Waals surface area contributed by atoms with Crippen LogP contribution in [0.25, 0.3) is 10.6 Å². The Bertz CT molecular complexity index is 1350. The molecule has 0 saturated carbocycles. The number of hydrogen-bond donors (Lipinski definition) is 1. The van der Waals surface area contributed by atoms with Gasteiger partial charge in [-0.1, -0.05) is 36.4 Å². The van der Waals surface area contributed by atoms with E-state index in [1.807, 2.05) is 69.2 Å². The first kappa shape index (κ1) is 27.3. The fraction of sp³-hybridized carbons (Fsp3) is 0.345. The normalized spacial score (nSPS) is 15.5. The van der Waals surface area contributed by atoms with Crippen molar-refractivity contribution in [2.75, 3.05) is 40.4 Å². The molecule has 2 aromatic carbocycles. The molecular formula is C29H33N3O5S. The van der Waals surface area contributed by atoms with Gasteiger partial charge >= 0.3 is 0 Å². The molecule has 0 radical (unpaired) electrons. The minimum absolute atomic E-state index is 0.0479. The Balaban J connectivity index is 1.80. The molecule has 1 aromatic heterocycles. The predicted octanol–water partition coefficient (Wildman–Crippen LogP) is 5.06. The lowest BCUT2D eigenvalue weighted by atomic mass is 9.94. The first-order valence-electron chi connectivity index (χ1n) is 12.6. The van der Waals surface area contributed by atoms with E-state index in [0.717, 1.165) is 5.56 Å². The van der Waals surface area contributed by atoms with E-state index in [2.05, 4.69) is 4.98 Å². The summed E-state index contributed by atoms with van der Waals surface area (Å²) in [5, 5.41) is 11.8. The van der Waals surface area contributed by atoms with Crippen LogP contribution >= 0.6 is 11.3 Å². The number of likely N-dealkylation sites (N-methyl/N-ethyl adjacent to an activating group) is 1. The number of benzene rings is 2. The van der Waals surface area contributed by atoms with Gasteiger partial charge in [-0.3, -0.25) is 9.59 Å². The Morgan fingerprint density at radius 2 is 1.76 bits per heavy atom. The molecule has 0 aliphatic carbocycles. The number of aromatic nitrogens is 1. The van der Waals surface area contributed by atoms with Gasteiger partial charge in [0, 0.05) is 18.7 Å². The van der Waals surface area contributed by atoms with Crippen LogP contribution in [0.1, 0.15) is 40.8 Å². The zero-order valence-electron chi connectivity index (χ0n) is 22.4. The summed E-state index contributed by atoms with van der Waals surface area (Å²) in [7, 11) is 3.82. The van der Waals surface area contributed by atoms with E-state index in [4.69, 9.17) is 9.47 Å². The number of ether oxygens (including phenoxy) is 2. The number of aliphatic hydroxyl groups is 1. The van der Waals surface area contributed by atoms with Gasteiger partial charge in [0.05, 0.1) is 35.4 Å². The van der Waals surface area contributed by atoms with Crippen LogP contribution < -0.4 is 9.47 Å². The van der Waals surface area contributed by atoms with Crippen LogP contribution in [0.4, 0.5) is 0 Å². The number of hydrogen-bond acceptors (Lipinski definition) is 8. The van der Waals surface area contributed by atoms with E-state index < -0.39 is 23.5 Å². The molecule has 0 fully saturated rings. The third kappa shape index (κ3) is 5.44. The van der Waals surface area contributed by atoms with Crippen LogP contribution in [0, 0.1) is 6.92 Å². The van der Waals surface area contributed by atoms with Crippen LogP contribution in [0.15, 0.2) is 59.9 Å². The molecule has 1 atom stereocenters. The lowest BCUT2D eigenvalue weighted by molar-refractivity contribution is -0.129. The van der Waals surface area contributed by atoms with Crippen LogP contribution in [-0.4, -0.2) is 72.0 Å². The number of thiazole rings is 1. The van der Waals surface area contributed by atoms with Crippen molar-refractivity contribution in [3.63, 3.8) is 0 Å². The highest BCUT2D eigenvalue weighted by Crippen LogP contribution is 2.43. The second kappa shape index (κ2) is 11.8. The van der Waals surface area contributed by atoms with Gasteiger partial charge in [-0.2, -0.15) is 0 Å². The minimum atomic E-state index is -0.786. The summed E-state index contributed by atoms with van der Waals surface area (Å²) in [6, 6.07) is 14.2. The van der Waals surface area contributed by atoms with Crippen molar-refractivity contribution in [3.05, 3.63) is 76.0 Å². The van der Waals surface area contributed by atoms with Gasteiger partial charge in [-0.05, 0) is 52.6 Å². The summed E-state index contributed by atoms with van der Waals surface area (Å²) in [5.74, 6) is -0.408. The number of ketones is 1. The number of carbonyl (C=O) groups is 2. The highest BCUT2D eigenvalue weighted by molar-refractivity contribution is 7.17. The van der Waals surface area contributed by atoms with E-state index >= 15 is 0 Å². The molecule has 0 saturated heterocycles. The molecule has 0 bridgehead atoms. The molecule has 1 N–H and O–H groups in total. The Hall–Kier alpha value is -3.69. The maximum atomic E-state index is 14.0. The smallest absolute Gasteiger partial charge is 0.290 e. The van der Waals surface area contributed by atoms with Crippen LogP contribution in [0.5, 0.6) is 11.5 Å². The topological polar surface area (TPSA) is 92.2 Å². The number of carbonyl (C=O) groups excluding carboxylic acids is 2. The van der Waals surface area contributed by atoms with Crippen molar-refractivity contribution in [3.8, 4) is 22.1 Å². The molecular weight excluding hydrogens is 502 g/mol. The second-order valence-electron chi connectivity index (χ2n) is 9.17. The molecule has 1 aliphatic rings. The largest absolute Gasteiger partial charge is 0.503 e. The van der Waals surface area contributed by atoms with E-state index in [9.17, 15) is 14.7 Å². The van der Waals surface area contributed by atoms with Gasteiger partial charge in [-0.15, -0.1) is 11.3 Å². The Labute approximate surface area is 227 Å². The molecule has 3 aromatic rings. The lowest BCUT2D eigenvalue weighted by Crippen LogP contribution is -2.36. The lowest BCUT2D eigenvalue weighted by Gasteiger charge is -2.28. The summed E-state index contributed by atoms with van der Waals surface area (Å²) < 4.78 is 11.5. The summed E-state index contributed by atoms with van der Waals surface area (Å²) in [4.78, 5) is 35.8. The van der Waals surface area contributed by atoms with Gasteiger partial charge in [0.15, 0.2) is 17.3 Å². The number of aryl methyl sites for hydroxylation is 1. The van der Waals surface area contributed by atoms with Gasteiger partial charge in [0.2, 0.25) is 5.78 Å². The molecule has 4 rings (SSSR count). The third-order valence-electron chi connectivity index (χ3n) is 6.24. The van der Waals surface area contributed by atoms with E-state index in [-0.39, 0.29) is 5.57 Å². The standard InChI is InChI=1S/C29H33N3O5S/c1-6-36-21-14-13-20(17-22(21)37-7-2)24-23(26(34)29(35)32(24)16-15-31(4)5)25(33)27-18(3)30-28(38-27)19-11-9-8-10-12-19/h8-14,17,24,34H,6-7,15-16H2,1-5H3.